The van der Waals surface area contributed by atoms with Gasteiger partial charge in [-0.2, -0.15) is 0 Å². The zero-order valence-corrected chi connectivity index (χ0v) is 15.3. The molecule has 142 valence electrons. The number of aromatic hydroxyl groups is 1. The molecular weight excluding hydrogens is 347 g/mol. The van der Waals surface area contributed by atoms with Gasteiger partial charge in [0, 0.05) is 43.7 Å². The van der Waals surface area contributed by atoms with Gasteiger partial charge < -0.3 is 14.9 Å². The number of phenolic OH excluding ortho intramolecular Hbond substituents is 1. The lowest BCUT2D eigenvalue weighted by atomic mass is 10.1. The number of halogens is 1. The van der Waals surface area contributed by atoms with Crippen molar-refractivity contribution in [2.24, 2.45) is 0 Å². The molecule has 2 aromatic rings. The molecule has 1 N–H and O–H groups in total. The van der Waals surface area contributed by atoms with E-state index in [1.54, 1.807) is 29.2 Å². The Morgan fingerprint density at radius 2 is 1.63 bits per heavy atom. The van der Waals surface area contributed by atoms with Crippen LogP contribution >= 0.6 is 0 Å². The minimum absolute atomic E-state index is 0.0488. The summed E-state index contributed by atoms with van der Waals surface area (Å²) in [5.41, 5.74) is 1.38. The maximum atomic E-state index is 14.5. The van der Waals surface area contributed by atoms with E-state index in [1.165, 1.54) is 18.2 Å². The highest BCUT2D eigenvalue weighted by molar-refractivity contribution is 5.96. The van der Waals surface area contributed by atoms with E-state index in [0.29, 0.717) is 49.4 Å². The summed E-state index contributed by atoms with van der Waals surface area (Å²) in [5, 5.41) is 9.33. The van der Waals surface area contributed by atoms with Crippen LogP contribution in [0.4, 0.5) is 10.1 Å². The summed E-state index contributed by atoms with van der Waals surface area (Å²) in [5.74, 6) is -0.439. The standard InChI is InChI=1S/C21H23FN2O3/c1-2-3-20(26)16-6-9-19(18(22)14-16)23-10-12-24(13-11-23)21(27)15-4-7-17(25)8-5-15/h4-9,14,25H,2-3,10-13H2,1H3. The molecule has 1 heterocycles. The summed E-state index contributed by atoms with van der Waals surface area (Å²) < 4.78 is 14.5. The third-order valence-electron chi connectivity index (χ3n) is 4.77. The smallest absolute Gasteiger partial charge is 0.253 e. The fourth-order valence-electron chi connectivity index (χ4n) is 3.25. The van der Waals surface area contributed by atoms with Crippen molar-refractivity contribution in [3.8, 4) is 5.75 Å². The molecule has 0 spiro atoms. The molecule has 0 radical (unpaired) electrons. The Bertz CT molecular complexity index is 828. The van der Waals surface area contributed by atoms with Gasteiger partial charge in [0.2, 0.25) is 0 Å². The Morgan fingerprint density at radius 1 is 1.00 bits per heavy atom. The third-order valence-corrected chi connectivity index (χ3v) is 4.77. The van der Waals surface area contributed by atoms with Crippen molar-refractivity contribution in [3.05, 3.63) is 59.4 Å². The highest BCUT2D eigenvalue weighted by Crippen LogP contribution is 2.23. The number of carbonyl (C=O) groups excluding carboxylic acids is 2. The van der Waals surface area contributed by atoms with Crippen molar-refractivity contribution < 1.29 is 19.1 Å². The lowest BCUT2D eigenvalue weighted by molar-refractivity contribution is 0.0746. The van der Waals surface area contributed by atoms with Crippen LogP contribution in [0.5, 0.6) is 5.75 Å². The molecule has 1 amide bonds. The number of nitrogens with zero attached hydrogens (tertiary/aromatic N) is 2. The van der Waals surface area contributed by atoms with Gasteiger partial charge in [-0.1, -0.05) is 6.92 Å². The predicted octanol–water partition coefficient (Wildman–Crippen LogP) is 3.48. The van der Waals surface area contributed by atoms with E-state index in [-0.39, 0.29) is 17.4 Å². The molecule has 27 heavy (non-hydrogen) atoms. The van der Waals surface area contributed by atoms with Gasteiger partial charge in [-0.25, -0.2) is 4.39 Å². The first-order chi connectivity index (χ1) is 13.0. The zero-order chi connectivity index (χ0) is 19.4. The number of hydrogen-bond donors (Lipinski definition) is 1. The molecule has 5 nitrogen and oxygen atoms in total. The van der Waals surface area contributed by atoms with Gasteiger partial charge >= 0.3 is 0 Å². The topological polar surface area (TPSA) is 60.9 Å². The molecule has 1 saturated heterocycles. The van der Waals surface area contributed by atoms with Gasteiger partial charge in [0.05, 0.1) is 5.69 Å². The SMILES string of the molecule is CCCC(=O)c1ccc(N2CCN(C(=O)c3ccc(O)cc3)CC2)c(F)c1. The van der Waals surface area contributed by atoms with E-state index in [1.807, 2.05) is 11.8 Å². The molecular formula is C21H23FN2O3. The monoisotopic (exact) mass is 370 g/mol. The van der Waals surface area contributed by atoms with Crippen LogP contribution in [0.15, 0.2) is 42.5 Å². The molecule has 1 aliphatic heterocycles. The van der Waals surface area contributed by atoms with Gasteiger partial charge in [-0.15, -0.1) is 0 Å². The number of hydrogen-bond acceptors (Lipinski definition) is 4. The van der Waals surface area contributed by atoms with Crippen molar-refractivity contribution in [3.63, 3.8) is 0 Å². The minimum atomic E-state index is -0.407. The minimum Gasteiger partial charge on any atom is -0.508 e. The van der Waals surface area contributed by atoms with Crippen molar-refractivity contribution in [1.82, 2.24) is 4.90 Å². The lowest BCUT2D eigenvalue weighted by Gasteiger charge is -2.36. The maximum Gasteiger partial charge on any atom is 0.253 e. The quantitative estimate of drug-likeness (QED) is 0.819. The summed E-state index contributed by atoms with van der Waals surface area (Å²) in [6.07, 6.45) is 1.15. The normalized spacial score (nSPS) is 14.3. The van der Waals surface area contributed by atoms with Crippen LogP contribution in [0.3, 0.4) is 0 Å². The number of phenols is 1. The summed E-state index contributed by atoms with van der Waals surface area (Å²) in [4.78, 5) is 28.0. The predicted molar refractivity (Wildman–Crippen MR) is 102 cm³/mol. The van der Waals surface area contributed by atoms with Crippen molar-refractivity contribution in [2.75, 3.05) is 31.1 Å². The van der Waals surface area contributed by atoms with Crippen molar-refractivity contribution in [1.29, 1.82) is 0 Å². The number of piperazine rings is 1. The third kappa shape index (κ3) is 4.27. The first-order valence-electron chi connectivity index (χ1n) is 9.15. The molecule has 1 aliphatic rings. The number of ketones is 1. The second kappa shape index (κ2) is 8.20. The lowest BCUT2D eigenvalue weighted by Crippen LogP contribution is -2.49. The van der Waals surface area contributed by atoms with Crippen LogP contribution in [0.2, 0.25) is 0 Å². The Morgan fingerprint density at radius 3 is 2.22 bits per heavy atom. The Kier molecular flexibility index (Phi) is 5.74. The molecule has 3 rings (SSSR count). The largest absolute Gasteiger partial charge is 0.508 e. The van der Waals surface area contributed by atoms with Crippen LogP contribution < -0.4 is 4.90 Å². The second-order valence-corrected chi connectivity index (χ2v) is 6.67. The van der Waals surface area contributed by atoms with Crippen LogP contribution in [-0.4, -0.2) is 47.9 Å². The molecule has 0 aromatic heterocycles. The average Bonchev–Trinajstić information content (AvgIpc) is 2.68. The maximum absolute atomic E-state index is 14.5. The molecule has 0 saturated carbocycles. The van der Waals surface area contributed by atoms with E-state index in [2.05, 4.69) is 0 Å². The number of Topliss-reactive ketones (excluding diaryl/α,β-unsaturated/α-hetero) is 1. The fraction of sp³-hybridized carbons (Fsp3) is 0.333. The van der Waals surface area contributed by atoms with Gasteiger partial charge in [0.25, 0.3) is 5.91 Å². The highest BCUT2D eigenvalue weighted by atomic mass is 19.1. The zero-order valence-electron chi connectivity index (χ0n) is 15.3. The van der Waals surface area contributed by atoms with Crippen molar-refractivity contribution in [2.45, 2.75) is 19.8 Å². The van der Waals surface area contributed by atoms with Crippen LogP contribution in [0.1, 0.15) is 40.5 Å². The number of benzene rings is 2. The molecule has 2 aromatic carbocycles. The average molecular weight is 370 g/mol. The summed E-state index contributed by atoms with van der Waals surface area (Å²) in [6.45, 7) is 3.92. The first-order valence-corrected chi connectivity index (χ1v) is 9.15. The summed E-state index contributed by atoms with van der Waals surface area (Å²) >= 11 is 0. The molecule has 6 heteroatoms. The fourth-order valence-corrected chi connectivity index (χ4v) is 3.25. The number of amides is 1. The summed E-state index contributed by atoms with van der Waals surface area (Å²) in [7, 11) is 0. The molecule has 0 aliphatic carbocycles. The van der Waals surface area contributed by atoms with Crippen molar-refractivity contribution >= 4 is 17.4 Å². The number of anilines is 1. The van der Waals surface area contributed by atoms with E-state index in [9.17, 15) is 19.1 Å². The van der Waals surface area contributed by atoms with Crippen LogP contribution in [-0.2, 0) is 0 Å². The van der Waals surface area contributed by atoms with E-state index < -0.39 is 5.82 Å². The van der Waals surface area contributed by atoms with E-state index in [4.69, 9.17) is 0 Å². The van der Waals surface area contributed by atoms with Gasteiger partial charge in [-0.05, 0) is 48.9 Å². The Balaban J connectivity index is 1.64. The number of rotatable bonds is 5. The number of carbonyl (C=O) groups is 2. The molecule has 1 fully saturated rings. The van der Waals surface area contributed by atoms with Crippen LogP contribution in [0, 0.1) is 5.82 Å². The van der Waals surface area contributed by atoms with Crippen LogP contribution in [0.25, 0.3) is 0 Å². The molecule has 0 bridgehead atoms. The van der Waals surface area contributed by atoms with E-state index >= 15 is 0 Å². The second-order valence-electron chi connectivity index (χ2n) is 6.67. The molecule has 0 unspecified atom stereocenters. The van der Waals surface area contributed by atoms with Gasteiger partial charge in [0.1, 0.15) is 11.6 Å². The highest BCUT2D eigenvalue weighted by Gasteiger charge is 2.24. The summed E-state index contributed by atoms with van der Waals surface area (Å²) in [6, 6.07) is 10.8. The van der Waals surface area contributed by atoms with Gasteiger partial charge in [0.15, 0.2) is 5.78 Å². The van der Waals surface area contributed by atoms with Gasteiger partial charge in [-0.3, -0.25) is 9.59 Å². The van der Waals surface area contributed by atoms with E-state index in [0.717, 1.165) is 6.42 Å². The Labute approximate surface area is 158 Å². The first kappa shape index (κ1) is 18.9. The molecule has 0 atom stereocenters. The Hall–Kier alpha value is -2.89.